The first-order valence-corrected chi connectivity index (χ1v) is 7.74. The third-order valence-corrected chi connectivity index (χ3v) is 4.12. The number of anilines is 1. The van der Waals surface area contributed by atoms with E-state index in [-0.39, 0.29) is 0 Å². The zero-order valence-electron chi connectivity index (χ0n) is 12.6. The van der Waals surface area contributed by atoms with Gasteiger partial charge in [0, 0.05) is 4.88 Å². The molecule has 0 spiro atoms. The van der Waals surface area contributed by atoms with Gasteiger partial charge in [-0.1, -0.05) is 0 Å². The predicted molar refractivity (Wildman–Crippen MR) is 84.2 cm³/mol. The minimum absolute atomic E-state index is 0.314. The molecule has 0 aliphatic carbocycles. The van der Waals surface area contributed by atoms with Crippen LogP contribution in [0.4, 0.5) is 23.7 Å². The molecule has 0 aliphatic heterocycles. The molecule has 1 aromatic heterocycles. The van der Waals surface area contributed by atoms with Crippen LogP contribution in [0.2, 0.25) is 0 Å². The average Bonchev–Trinajstić information content (AvgIpc) is 2.96. The van der Waals surface area contributed by atoms with Crippen molar-refractivity contribution in [2.75, 3.05) is 11.9 Å². The van der Waals surface area contributed by atoms with Crippen LogP contribution in [0.1, 0.15) is 10.4 Å². The van der Waals surface area contributed by atoms with Crippen molar-refractivity contribution in [3.05, 3.63) is 51.5 Å². The van der Waals surface area contributed by atoms with Gasteiger partial charge in [-0.3, -0.25) is 4.79 Å². The van der Waals surface area contributed by atoms with Crippen LogP contribution in [-0.2, 0) is 11.3 Å². The maximum Gasteiger partial charge on any atom is 0.315 e. The number of amides is 3. The Balaban J connectivity index is 1.80. The molecule has 0 unspecified atom stereocenters. The maximum absolute atomic E-state index is 13.4. The number of nitrogens with one attached hydrogen (secondary N) is 3. The van der Waals surface area contributed by atoms with Crippen LogP contribution in [0.15, 0.2) is 23.6 Å². The Kier molecular flexibility index (Phi) is 5.80. The van der Waals surface area contributed by atoms with Crippen molar-refractivity contribution in [3.63, 3.8) is 0 Å². The fourth-order valence-electron chi connectivity index (χ4n) is 1.79. The number of urea groups is 1. The first-order chi connectivity index (χ1) is 11.4. The Labute approximate surface area is 139 Å². The van der Waals surface area contributed by atoms with Crippen molar-refractivity contribution in [2.24, 2.45) is 0 Å². The second-order valence-electron chi connectivity index (χ2n) is 4.83. The van der Waals surface area contributed by atoms with E-state index in [1.165, 1.54) is 11.3 Å². The lowest BCUT2D eigenvalue weighted by Gasteiger charge is -2.09. The predicted octanol–water partition coefficient (Wildman–Crippen LogP) is 2.91. The average molecular weight is 357 g/mol. The third kappa shape index (κ3) is 4.48. The Morgan fingerprint density at radius 2 is 1.83 bits per heavy atom. The molecular formula is C15H14F3N3O2S. The highest BCUT2D eigenvalue weighted by Gasteiger charge is 2.15. The molecule has 0 atom stereocenters. The zero-order chi connectivity index (χ0) is 17.7. The standard InChI is InChI=1S/C15H14F3N3O2S/c1-8-4-5-24-11(8)6-19-15(23)20-7-12(22)21-10-3-2-9(16)13(17)14(10)18/h2-5H,6-7H2,1H3,(H,21,22)(H2,19,20,23). The summed E-state index contributed by atoms with van der Waals surface area (Å²) >= 11 is 1.49. The van der Waals surface area contributed by atoms with E-state index in [4.69, 9.17) is 0 Å². The lowest BCUT2D eigenvalue weighted by Crippen LogP contribution is -2.39. The van der Waals surface area contributed by atoms with Crippen molar-refractivity contribution in [3.8, 4) is 0 Å². The fraction of sp³-hybridized carbons (Fsp3) is 0.200. The van der Waals surface area contributed by atoms with Gasteiger partial charge in [-0.05, 0) is 36.1 Å². The van der Waals surface area contributed by atoms with Gasteiger partial charge in [-0.2, -0.15) is 0 Å². The largest absolute Gasteiger partial charge is 0.333 e. The number of rotatable bonds is 5. The smallest absolute Gasteiger partial charge is 0.315 e. The van der Waals surface area contributed by atoms with Gasteiger partial charge in [0.05, 0.1) is 18.8 Å². The molecule has 3 amide bonds. The Hall–Kier alpha value is -2.55. The summed E-state index contributed by atoms with van der Waals surface area (Å²) in [5.41, 5.74) is 0.544. The molecule has 128 valence electrons. The van der Waals surface area contributed by atoms with Crippen LogP contribution in [0.25, 0.3) is 0 Å². The SMILES string of the molecule is Cc1ccsc1CNC(=O)NCC(=O)Nc1ccc(F)c(F)c1F. The van der Waals surface area contributed by atoms with Crippen LogP contribution in [0.5, 0.6) is 0 Å². The molecule has 1 aromatic carbocycles. The Morgan fingerprint density at radius 3 is 2.50 bits per heavy atom. The van der Waals surface area contributed by atoms with E-state index in [1.54, 1.807) is 0 Å². The van der Waals surface area contributed by atoms with Gasteiger partial charge in [0.15, 0.2) is 17.5 Å². The highest BCUT2D eigenvalue weighted by atomic mass is 32.1. The van der Waals surface area contributed by atoms with Gasteiger partial charge in [-0.25, -0.2) is 18.0 Å². The number of halogens is 3. The van der Waals surface area contributed by atoms with Crippen LogP contribution in [0, 0.1) is 24.4 Å². The lowest BCUT2D eigenvalue weighted by atomic mass is 10.2. The summed E-state index contributed by atoms with van der Waals surface area (Å²) in [5, 5.41) is 8.80. The van der Waals surface area contributed by atoms with Crippen LogP contribution in [0.3, 0.4) is 0 Å². The quantitative estimate of drug-likeness (QED) is 0.720. The number of carbonyl (C=O) groups is 2. The highest BCUT2D eigenvalue weighted by molar-refractivity contribution is 7.10. The maximum atomic E-state index is 13.4. The molecule has 0 aliphatic rings. The fourth-order valence-corrected chi connectivity index (χ4v) is 2.63. The monoisotopic (exact) mass is 357 g/mol. The summed E-state index contributed by atoms with van der Waals surface area (Å²) in [6, 6.07) is 2.93. The molecule has 3 N–H and O–H groups in total. The lowest BCUT2D eigenvalue weighted by molar-refractivity contribution is -0.115. The molecule has 5 nitrogen and oxygen atoms in total. The molecule has 24 heavy (non-hydrogen) atoms. The third-order valence-electron chi connectivity index (χ3n) is 3.10. The van der Waals surface area contributed by atoms with E-state index in [0.717, 1.165) is 16.5 Å². The summed E-state index contributed by atoms with van der Waals surface area (Å²) in [7, 11) is 0. The van der Waals surface area contributed by atoms with Crippen molar-refractivity contribution in [2.45, 2.75) is 13.5 Å². The molecule has 0 bridgehead atoms. The number of hydrogen-bond acceptors (Lipinski definition) is 3. The van der Waals surface area contributed by atoms with Crippen molar-refractivity contribution in [1.29, 1.82) is 0 Å². The summed E-state index contributed by atoms with van der Waals surface area (Å²) in [6.45, 7) is 1.78. The van der Waals surface area contributed by atoms with E-state index in [2.05, 4.69) is 16.0 Å². The van der Waals surface area contributed by atoms with E-state index in [1.807, 2.05) is 18.4 Å². The molecule has 0 saturated carbocycles. The number of carbonyl (C=O) groups excluding carboxylic acids is 2. The number of thiophene rings is 1. The normalized spacial score (nSPS) is 10.3. The van der Waals surface area contributed by atoms with Crippen molar-refractivity contribution < 1.29 is 22.8 Å². The molecule has 2 aromatic rings. The second-order valence-corrected chi connectivity index (χ2v) is 5.83. The molecule has 0 saturated heterocycles. The van der Waals surface area contributed by atoms with E-state index >= 15 is 0 Å². The van der Waals surface area contributed by atoms with Crippen LogP contribution < -0.4 is 16.0 Å². The molecule has 0 radical (unpaired) electrons. The summed E-state index contributed by atoms with van der Waals surface area (Å²) in [6.07, 6.45) is 0. The zero-order valence-corrected chi connectivity index (χ0v) is 13.4. The minimum Gasteiger partial charge on any atom is -0.333 e. The van der Waals surface area contributed by atoms with Crippen LogP contribution >= 0.6 is 11.3 Å². The van der Waals surface area contributed by atoms with Gasteiger partial charge in [0.2, 0.25) is 5.91 Å². The summed E-state index contributed by atoms with van der Waals surface area (Å²) in [4.78, 5) is 24.2. The molecular weight excluding hydrogens is 343 g/mol. The van der Waals surface area contributed by atoms with Gasteiger partial charge < -0.3 is 16.0 Å². The van der Waals surface area contributed by atoms with Crippen molar-refractivity contribution in [1.82, 2.24) is 10.6 Å². The van der Waals surface area contributed by atoms with Gasteiger partial charge in [-0.15, -0.1) is 11.3 Å². The van der Waals surface area contributed by atoms with Gasteiger partial charge >= 0.3 is 6.03 Å². The molecule has 0 fully saturated rings. The summed E-state index contributed by atoms with van der Waals surface area (Å²) < 4.78 is 39.2. The second kappa shape index (κ2) is 7.82. The Morgan fingerprint density at radius 1 is 1.08 bits per heavy atom. The van der Waals surface area contributed by atoms with Crippen molar-refractivity contribution >= 4 is 29.0 Å². The summed E-state index contributed by atoms with van der Waals surface area (Å²) in [5.74, 6) is -5.31. The van der Waals surface area contributed by atoms with Gasteiger partial charge in [0.25, 0.3) is 0 Å². The molecule has 9 heteroatoms. The highest BCUT2D eigenvalue weighted by Crippen LogP contribution is 2.19. The van der Waals surface area contributed by atoms with E-state index in [9.17, 15) is 22.8 Å². The van der Waals surface area contributed by atoms with E-state index in [0.29, 0.717) is 12.6 Å². The first-order valence-electron chi connectivity index (χ1n) is 6.86. The van der Waals surface area contributed by atoms with Gasteiger partial charge in [0.1, 0.15) is 0 Å². The Bertz CT molecular complexity index is 764. The minimum atomic E-state index is -1.68. The number of hydrogen-bond donors (Lipinski definition) is 3. The number of benzene rings is 1. The first kappa shape index (κ1) is 17.8. The number of aryl methyl sites for hydroxylation is 1. The molecule has 2 rings (SSSR count). The molecule has 1 heterocycles. The van der Waals surface area contributed by atoms with Crippen LogP contribution in [-0.4, -0.2) is 18.5 Å². The topological polar surface area (TPSA) is 70.2 Å². The van der Waals surface area contributed by atoms with E-state index < -0.39 is 41.6 Å².